The Morgan fingerprint density at radius 2 is 1.87 bits per heavy atom. The van der Waals surface area contributed by atoms with Gasteiger partial charge < -0.3 is 15.5 Å². The lowest BCUT2D eigenvalue weighted by molar-refractivity contribution is 0.293. The van der Waals surface area contributed by atoms with E-state index in [9.17, 15) is 8.42 Å². The van der Waals surface area contributed by atoms with Crippen LogP contribution in [-0.4, -0.2) is 70.1 Å². The van der Waals surface area contributed by atoms with Gasteiger partial charge in [0.2, 0.25) is 0 Å². The topological polar surface area (TPSA) is 73.8 Å². The molecule has 0 bridgehead atoms. The molecule has 136 valence electrons. The summed E-state index contributed by atoms with van der Waals surface area (Å²) in [7, 11) is -2.91. The maximum absolute atomic E-state index is 11.2. The summed E-state index contributed by atoms with van der Waals surface area (Å²) in [5.74, 6) is 0.984. The number of nitrogens with zero attached hydrogens (tertiary/aromatic N) is 2. The van der Waals surface area contributed by atoms with Crippen LogP contribution >= 0.6 is 0 Å². The van der Waals surface area contributed by atoms with E-state index in [1.165, 1.54) is 45.0 Å². The summed E-state index contributed by atoms with van der Waals surface area (Å²) in [5, 5.41) is 6.53. The third kappa shape index (κ3) is 10.5. The van der Waals surface area contributed by atoms with Gasteiger partial charge >= 0.3 is 0 Å². The van der Waals surface area contributed by atoms with E-state index >= 15 is 0 Å². The lowest BCUT2D eigenvalue weighted by atomic mass is 10.2. The number of guanidine groups is 1. The van der Waals surface area contributed by atoms with Gasteiger partial charge in [0.15, 0.2) is 5.96 Å². The van der Waals surface area contributed by atoms with Crippen molar-refractivity contribution >= 4 is 15.8 Å². The number of nitrogens with one attached hydrogen (secondary N) is 2. The number of hydrogen-bond donors (Lipinski definition) is 2. The minimum absolute atomic E-state index is 0.0840. The van der Waals surface area contributed by atoms with Gasteiger partial charge in [0.05, 0.1) is 12.3 Å². The monoisotopic (exact) mass is 346 g/mol. The number of likely N-dealkylation sites (tertiary alicyclic amines) is 1. The summed E-state index contributed by atoms with van der Waals surface area (Å²) < 4.78 is 22.5. The van der Waals surface area contributed by atoms with Crippen molar-refractivity contribution in [1.29, 1.82) is 0 Å². The average molecular weight is 347 g/mol. The summed E-state index contributed by atoms with van der Waals surface area (Å²) in [6.45, 7) is 8.96. The predicted molar refractivity (Wildman–Crippen MR) is 97.8 cm³/mol. The molecule has 0 aliphatic carbocycles. The van der Waals surface area contributed by atoms with Crippen molar-refractivity contribution in [3.05, 3.63) is 0 Å². The number of sulfone groups is 1. The van der Waals surface area contributed by atoms with Crippen LogP contribution in [0.3, 0.4) is 0 Å². The van der Waals surface area contributed by atoms with E-state index in [0.717, 1.165) is 25.6 Å². The first-order valence-electron chi connectivity index (χ1n) is 8.85. The fraction of sp³-hybridized carbons (Fsp3) is 0.938. The van der Waals surface area contributed by atoms with Gasteiger partial charge in [-0.1, -0.05) is 12.8 Å². The molecule has 1 heterocycles. The van der Waals surface area contributed by atoms with Gasteiger partial charge in [0, 0.05) is 25.4 Å². The molecule has 7 heteroatoms. The van der Waals surface area contributed by atoms with Crippen LogP contribution in [-0.2, 0) is 9.84 Å². The molecule has 1 aliphatic rings. The Balaban J connectivity index is 2.39. The van der Waals surface area contributed by atoms with Gasteiger partial charge in [-0.05, 0) is 46.2 Å². The SMILES string of the molecule is CCNC(=NCCN1CCCCCC1)NC(C)CCS(C)(=O)=O. The minimum Gasteiger partial charge on any atom is -0.357 e. The van der Waals surface area contributed by atoms with E-state index in [1.807, 2.05) is 13.8 Å². The molecule has 0 aromatic heterocycles. The third-order valence-electron chi connectivity index (χ3n) is 4.03. The van der Waals surface area contributed by atoms with Crippen molar-refractivity contribution in [2.45, 2.75) is 52.0 Å². The van der Waals surface area contributed by atoms with Gasteiger partial charge in [-0.25, -0.2) is 8.42 Å². The first-order chi connectivity index (χ1) is 10.9. The van der Waals surface area contributed by atoms with Crippen LogP contribution in [0.15, 0.2) is 4.99 Å². The molecule has 0 aromatic rings. The molecule has 6 nitrogen and oxygen atoms in total. The average Bonchev–Trinajstić information content (AvgIpc) is 2.73. The quantitative estimate of drug-likeness (QED) is 0.511. The van der Waals surface area contributed by atoms with Crippen LogP contribution in [0.25, 0.3) is 0 Å². The first kappa shape index (κ1) is 20.2. The van der Waals surface area contributed by atoms with Crippen LogP contribution in [0.2, 0.25) is 0 Å². The molecular weight excluding hydrogens is 312 g/mol. The summed E-state index contributed by atoms with van der Waals surface area (Å²) in [5.41, 5.74) is 0. The molecule has 1 saturated heterocycles. The van der Waals surface area contributed by atoms with Crippen LogP contribution in [0.4, 0.5) is 0 Å². The molecule has 1 aliphatic heterocycles. The highest BCUT2D eigenvalue weighted by Gasteiger charge is 2.10. The Morgan fingerprint density at radius 1 is 1.22 bits per heavy atom. The maximum Gasteiger partial charge on any atom is 0.191 e. The Bertz CT molecular complexity index is 443. The Hall–Kier alpha value is -0.820. The Morgan fingerprint density at radius 3 is 2.43 bits per heavy atom. The van der Waals surface area contributed by atoms with Crippen molar-refractivity contribution in [3.8, 4) is 0 Å². The van der Waals surface area contributed by atoms with Crippen molar-refractivity contribution in [1.82, 2.24) is 15.5 Å². The zero-order chi connectivity index (χ0) is 17.1. The Kier molecular flexibility index (Phi) is 9.55. The van der Waals surface area contributed by atoms with E-state index in [0.29, 0.717) is 6.42 Å². The molecule has 0 radical (unpaired) electrons. The fourth-order valence-corrected chi connectivity index (χ4v) is 3.46. The molecule has 0 aromatic carbocycles. The molecule has 0 amide bonds. The lowest BCUT2D eigenvalue weighted by Crippen LogP contribution is -2.43. The molecule has 0 spiro atoms. The highest BCUT2D eigenvalue weighted by atomic mass is 32.2. The zero-order valence-electron chi connectivity index (χ0n) is 15.0. The molecule has 1 rings (SSSR count). The normalized spacial score (nSPS) is 19.2. The van der Waals surface area contributed by atoms with E-state index in [2.05, 4.69) is 20.5 Å². The van der Waals surface area contributed by atoms with Gasteiger partial charge in [0.25, 0.3) is 0 Å². The van der Waals surface area contributed by atoms with Gasteiger partial charge in [-0.15, -0.1) is 0 Å². The standard InChI is InChI=1S/C16H34N4O2S/c1-4-17-16(19-15(2)9-14-23(3,21)22)18-10-13-20-11-7-5-6-8-12-20/h15H,4-14H2,1-3H3,(H2,17,18,19). The smallest absolute Gasteiger partial charge is 0.191 e. The Labute approximate surface area is 142 Å². The first-order valence-corrected chi connectivity index (χ1v) is 10.9. The number of hydrogen-bond acceptors (Lipinski definition) is 4. The van der Waals surface area contributed by atoms with E-state index < -0.39 is 9.84 Å². The highest BCUT2D eigenvalue weighted by Crippen LogP contribution is 2.08. The minimum atomic E-state index is -2.91. The van der Waals surface area contributed by atoms with Crippen LogP contribution in [0.5, 0.6) is 0 Å². The van der Waals surface area contributed by atoms with Crippen molar-refractivity contribution in [3.63, 3.8) is 0 Å². The summed E-state index contributed by atoms with van der Waals surface area (Å²) in [6, 6.07) is 0.0840. The second-order valence-electron chi connectivity index (χ2n) is 6.48. The van der Waals surface area contributed by atoms with Crippen LogP contribution in [0, 0.1) is 0 Å². The molecule has 1 unspecified atom stereocenters. The fourth-order valence-electron chi connectivity index (χ4n) is 2.68. The highest BCUT2D eigenvalue weighted by molar-refractivity contribution is 7.90. The van der Waals surface area contributed by atoms with Gasteiger partial charge in [-0.3, -0.25) is 4.99 Å². The van der Waals surface area contributed by atoms with Gasteiger partial charge in [0.1, 0.15) is 9.84 Å². The second kappa shape index (κ2) is 10.9. The van der Waals surface area contributed by atoms with Crippen LogP contribution < -0.4 is 10.6 Å². The van der Waals surface area contributed by atoms with Crippen molar-refractivity contribution in [2.24, 2.45) is 4.99 Å². The molecule has 23 heavy (non-hydrogen) atoms. The summed E-state index contributed by atoms with van der Waals surface area (Å²) in [6.07, 6.45) is 7.16. The van der Waals surface area contributed by atoms with E-state index in [-0.39, 0.29) is 11.8 Å². The summed E-state index contributed by atoms with van der Waals surface area (Å²) >= 11 is 0. The zero-order valence-corrected chi connectivity index (χ0v) is 15.8. The lowest BCUT2D eigenvalue weighted by Gasteiger charge is -2.20. The molecule has 1 atom stereocenters. The van der Waals surface area contributed by atoms with Crippen LogP contribution in [0.1, 0.15) is 46.0 Å². The molecule has 1 fully saturated rings. The van der Waals surface area contributed by atoms with E-state index in [4.69, 9.17) is 0 Å². The maximum atomic E-state index is 11.2. The predicted octanol–water partition coefficient (Wildman–Crippen LogP) is 1.24. The second-order valence-corrected chi connectivity index (χ2v) is 8.74. The third-order valence-corrected chi connectivity index (χ3v) is 5.01. The summed E-state index contributed by atoms with van der Waals surface area (Å²) in [4.78, 5) is 7.12. The molecule has 0 saturated carbocycles. The largest absolute Gasteiger partial charge is 0.357 e. The molecular formula is C16H34N4O2S. The van der Waals surface area contributed by atoms with E-state index in [1.54, 1.807) is 0 Å². The number of aliphatic imine (C=N–C) groups is 1. The van der Waals surface area contributed by atoms with Crippen molar-refractivity contribution < 1.29 is 8.42 Å². The molecule has 2 N–H and O–H groups in total. The van der Waals surface area contributed by atoms with Crippen molar-refractivity contribution in [2.75, 3.05) is 44.7 Å². The van der Waals surface area contributed by atoms with Gasteiger partial charge in [-0.2, -0.15) is 0 Å². The number of rotatable bonds is 8.